The topological polar surface area (TPSA) is 20.3 Å². The van der Waals surface area contributed by atoms with Crippen molar-refractivity contribution in [3.05, 3.63) is 106 Å². The van der Waals surface area contributed by atoms with E-state index in [0.29, 0.717) is 17.1 Å². The number of carbonyl (C=O) groups is 1. The van der Waals surface area contributed by atoms with Crippen LogP contribution in [-0.4, -0.2) is 17.4 Å². The third kappa shape index (κ3) is 3.13. The molecule has 1 amide bonds. The van der Waals surface area contributed by atoms with Gasteiger partial charge in [0.1, 0.15) is 0 Å². The lowest BCUT2D eigenvalue weighted by atomic mass is 9.87. The van der Waals surface area contributed by atoms with Gasteiger partial charge in [-0.15, -0.1) is 0 Å². The zero-order valence-electron chi connectivity index (χ0n) is 14.7. The van der Waals surface area contributed by atoms with E-state index in [-0.39, 0.29) is 11.9 Å². The van der Waals surface area contributed by atoms with Crippen LogP contribution in [0.25, 0.3) is 0 Å². The summed E-state index contributed by atoms with van der Waals surface area (Å²) < 4.78 is 0. The fourth-order valence-electron chi connectivity index (χ4n) is 3.65. The van der Waals surface area contributed by atoms with Crippen molar-refractivity contribution < 1.29 is 4.79 Å². The number of aryl methyl sites for hydroxylation is 1. The first-order valence-corrected chi connectivity index (χ1v) is 9.22. The van der Waals surface area contributed by atoms with Gasteiger partial charge in [-0.3, -0.25) is 4.79 Å². The molecule has 1 unspecified atom stereocenters. The average Bonchev–Trinajstić information content (AvgIpc) is 2.68. The smallest absolute Gasteiger partial charge is 0.254 e. The summed E-state index contributed by atoms with van der Waals surface area (Å²) >= 11 is 5.98. The molecule has 0 aromatic heterocycles. The Morgan fingerprint density at radius 2 is 1.65 bits per heavy atom. The van der Waals surface area contributed by atoms with E-state index in [1.54, 1.807) is 24.3 Å². The van der Waals surface area contributed by atoms with Gasteiger partial charge in [0, 0.05) is 17.1 Å². The summed E-state index contributed by atoms with van der Waals surface area (Å²) in [5, 5.41) is 0.639. The van der Waals surface area contributed by atoms with Crippen LogP contribution in [0.1, 0.15) is 38.7 Å². The molecule has 1 aliphatic heterocycles. The molecule has 0 spiro atoms. The van der Waals surface area contributed by atoms with Gasteiger partial charge in [0.25, 0.3) is 5.91 Å². The van der Waals surface area contributed by atoms with Crippen molar-refractivity contribution in [3.8, 4) is 0 Å². The van der Waals surface area contributed by atoms with Crippen LogP contribution < -0.4 is 0 Å². The molecule has 3 aromatic carbocycles. The van der Waals surface area contributed by atoms with E-state index < -0.39 is 0 Å². The molecule has 1 heterocycles. The first-order chi connectivity index (χ1) is 12.6. The predicted molar refractivity (Wildman–Crippen MR) is 106 cm³/mol. The van der Waals surface area contributed by atoms with Crippen LogP contribution in [0.2, 0.25) is 5.02 Å². The highest BCUT2D eigenvalue weighted by Gasteiger charge is 2.32. The van der Waals surface area contributed by atoms with Crippen LogP contribution in [0.4, 0.5) is 0 Å². The number of benzene rings is 3. The second kappa shape index (κ2) is 6.97. The zero-order valence-corrected chi connectivity index (χ0v) is 15.4. The van der Waals surface area contributed by atoms with Crippen LogP contribution in [0.15, 0.2) is 72.8 Å². The van der Waals surface area contributed by atoms with E-state index in [1.807, 2.05) is 4.90 Å². The van der Waals surface area contributed by atoms with Gasteiger partial charge in [-0.1, -0.05) is 65.7 Å². The normalized spacial score (nSPS) is 16.2. The summed E-state index contributed by atoms with van der Waals surface area (Å²) in [4.78, 5) is 15.2. The Morgan fingerprint density at radius 1 is 0.962 bits per heavy atom. The van der Waals surface area contributed by atoms with Crippen molar-refractivity contribution in [1.29, 1.82) is 0 Å². The van der Waals surface area contributed by atoms with E-state index in [0.717, 1.165) is 12.0 Å². The van der Waals surface area contributed by atoms with E-state index >= 15 is 0 Å². The SMILES string of the molecule is Cc1ccc(C2c3ccccc3CCN2C(=O)c2ccc(Cl)cc2)cc1. The highest BCUT2D eigenvalue weighted by Crippen LogP contribution is 2.36. The molecule has 1 aliphatic rings. The molecule has 3 heteroatoms. The number of hydrogen-bond acceptors (Lipinski definition) is 1. The molecular weight excluding hydrogens is 342 g/mol. The van der Waals surface area contributed by atoms with E-state index in [1.165, 1.54) is 16.7 Å². The summed E-state index contributed by atoms with van der Waals surface area (Å²) in [7, 11) is 0. The minimum absolute atomic E-state index is 0.0433. The number of rotatable bonds is 2. The Balaban J connectivity index is 1.78. The third-order valence-corrected chi connectivity index (χ3v) is 5.28. The standard InChI is InChI=1S/C23H20ClNO/c1-16-6-8-18(9-7-16)22-21-5-3-2-4-17(21)14-15-25(22)23(26)19-10-12-20(24)13-11-19/h2-13,22H,14-15H2,1H3. The summed E-state index contributed by atoms with van der Waals surface area (Å²) in [5.41, 5.74) is 5.56. The monoisotopic (exact) mass is 361 g/mol. The molecule has 0 radical (unpaired) electrons. The molecule has 0 aliphatic carbocycles. The molecule has 4 rings (SSSR count). The maximum absolute atomic E-state index is 13.3. The molecular formula is C23H20ClNO. The summed E-state index contributed by atoms with van der Waals surface area (Å²) in [6, 6.07) is 24.0. The van der Waals surface area contributed by atoms with Gasteiger partial charge in [0.15, 0.2) is 0 Å². The van der Waals surface area contributed by atoms with Crippen molar-refractivity contribution >= 4 is 17.5 Å². The molecule has 0 N–H and O–H groups in total. The quantitative estimate of drug-likeness (QED) is 0.595. The Morgan fingerprint density at radius 3 is 2.38 bits per heavy atom. The van der Waals surface area contributed by atoms with Crippen molar-refractivity contribution in [2.75, 3.05) is 6.54 Å². The van der Waals surface area contributed by atoms with Gasteiger partial charge in [-0.25, -0.2) is 0 Å². The van der Waals surface area contributed by atoms with Crippen LogP contribution >= 0.6 is 11.6 Å². The molecule has 130 valence electrons. The average molecular weight is 362 g/mol. The first kappa shape index (κ1) is 16.9. The van der Waals surface area contributed by atoms with E-state index in [4.69, 9.17) is 11.6 Å². The largest absolute Gasteiger partial charge is 0.327 e. The molecule has 1 atom stereocenters. The molecule has 0 saturated carbocycles. The number of carbonyl (C=O) groups excluding carboxylic acids is 1. The van der Waals surface area contributed by atoms with E-state index in [9.17, 15) is 4.79 Å². The number of halogens is 1. The maximum Gasteiger partial charge on any atom is 0.254 e. The van der Waals surface area contributed by atoms with Crippen molar-refractivity contribution in [1.82, 2.24) is 4.90 Å². The van der Waals surface area contributed by atoms with Gasteiger partial charge in [0.05, 0.1) is 6.04 Å². The summed E-state index contributed by atoms with van der Waals surface area (Å²) in [5.74, 6) is 0.0433. The molecule has 2 nitrogen and oxygen atoms in total. The van der Waals surface area contributed by atoms with Crippen molar-refractivity contribution in [2.24, 2.45) is 0 Å². The number of amides is 1. The summed E-state index contributed by atoms with van der Waals surface area (Å²) in [6.45, 7) is 2.78. The van der Waals surface area contributed by atoms with Crippen molar-refractivity contribution in [3.63, 3.8) is 0 Å². The lowest BCUT2D eigenvalue weighted by Crippen LogP contribution is -2.40. The molecule has 26 heavy (non-hydrogen) atoms. The van der Waals surface area contributed by atoms with Gasteiger partial charge in [0.2, 0.25) is 0 Å². The Bertz CT molecular complexity index is 931. The fourth-order valence-corrected chi connectivity index (χ4v) is 3.78. The van der Waals surface area contributed by atoms with Crippen molar-refractivity contribution in [2.45, 2.75) is 19.4 Å². The molecule has 0 fully saturated rings. The number of nitrogens with zero attached hydrogens (tertiary/aromatic N) is 1. The lowest BCUT2D eigenvalue weighted by Gasteiger charge is -2.38. The summed E-state index contributed by atoms with van der Waals surface area (Å²) in [6.07, 6.45) is 0.873. The van der Waals surface area contributed by atoms with Crippen LogP contribution in [0, 0.1) is 6.92 Å². The number of fused-ring (bicyclic) bond motifs is 1. The minimum atomic E-state index is -0.0660. The predicted octanol–water partition coefficient (Wildman–Crippen LogP) is 5.44. The Hall–Kier alpha value is -2.58. The maximum atomic E-state index is 13.3. The fraction of sp³-hybridized carbons (Fsp3) is 0.174. The van der Waals surface area contributed by atoms with Gasteiger partial charge in [-0.2, -0.15) is 0 Å². The second-order valence-corrected chi connectivity index (χ2v) is 7.20. The second-order valence-electron chi connectivity index (χ2n) is 6.77. The van der Waals surface area contributed by atoms with Gasteiger partial charge in [-0.05, 0) is 54.3 Å². The molecule has 3 aromatic rings. The zero-order chi connectivity index (χ0) is 18.1. The Labute approximate surface area is 159 Å². The molecule has 0 bridgehead atoms. The Kier molecular flexibility index (Phi) is 4.52. The highest BCUT2D eigenvalue weighted by molar-refractivity contribution is 6.30. The van der Waals surface area contributed by atoms with Gasteiger partial charge < -0.3 is 4.90 Å². The first-order valence-electron chi connectivity index (χ1n) is 8.84. The van der Waals surface area contributed by atoms with E-state index in [2.05, 4.69) is 55.5 Å². The minimum Gasteiger partial charge on any atom is -0.327 e. The third-order valence-electron chi connectivity index (χ3n) is 5.03. The lowest BCUT2D eigenvalue weighted by molar-refractivity contribution is 0.0694. The van der Waals surface area contributed by atoms with Crippen LogP contribution in [0.5, 0.6) is 0 Å². The van der Waals surface area contributed by atoms with Gasteiger partial charge >= 0.3 is 0 Å². The molecule has 0 saturated heterocycles. The van der Waals surface area contributed by atoms with Crippen LogP contribution in [0.3, 0.4) is 0 Å². The number of hydrogen-bond donors (Lipinski definition) is 0. The highest BCUT2D eigenvalue weighted by atomic mass is 35.5. The van der Waals surface area contributed by atoms with Crippen LogP contribution in [-0.2, 0) is 6.42 Å².